The SMILES string of the molecule is C=CC(C)(N)c1cc(Cl)cc(Cl)c1. The molecule has 0 aliphatic rings. The fourth-order valence-corrected chi connectivity index (χ4v) is 1.51. The molecule has 1 aromatic carbocycles. The van der Waals surface area contributed by atoms with Crippen LogP contribution < -0.4 is 5.73 Å². The first kappa shape index (κ1) is 10.6. The maximum atomic E-state index is 5.94. The van der Waals surface area contributed by atoms with Crippen molar-refractivity contribution in [3.8, 4) is 0 Å². The van der Waals surface area contributed by atoms with Crippen LogP contribution in [0.4, 0.5) is 0 Å². The van der Waals surface area contributed by atoms with E-state index in [1.165, 1.54) is 0 Å². The highest BCUT2D eigenvalue weighted by Crippen LogP contribution is 2.26. The Kier molecular flexibility index (Phi) is 3.01. The maximum Gasteiger partial charge on any atom is 0.0565 e. The summed E-state index contributed by atoms with van der Waals surface area (Å²) in [5.41, 5.74) is 6.21. The molecule has 1 nitrogen and oxygen atoms in total. The van der Waals surface area contributed by atoms with Crippen LogP contribution >= 0.6 is 23.2 Å². The summed E-state index contributed by atoms with van der Waals surface area (Å²) >= 11 is 11.7. The van der Waals surface area contributed by atoms with E-state index in [2.05, 4.69) is 6.58 Å². The molecule has 70 valence electrons. The standard InChI is InChI=1S/C10H11Cl2N/c1-3-10(2,13)7-4-8(11)6-9(12)5-7/h3-6H,1,13H2,2H3. The minimum absolute atomic E-state index is 0.584. The van der Waals surface area contributed by atoms with E-state index in [1.54, 1.807) is 24.3 Å². The molecule has 13 heavy (non-hydrogen) atoms. The zero-order valence-corrected chi connectivity index (χ0v) is 8.86. The fourth-order valence-electron chi connectivity index (χ4n) is 0.983. The Morgan fingerprint density at radius 1 is 1.31 bits per heavy atom. The summed E-state index contributed by atoms with van der Waals surface area (Å²) in [6.45, 7) is 5.51. The smallest absolute Gasteiger partial charge is 0.0565 e. The summed E-state index contributed by atoms with van der Waals surface area (Å²) in [6, 6.07) is 5.25. The third-order valence-electron chi connectivity index (χ3n) is 1.91. The molecule has 0 radical (unpaired) electrons. The van der Waals surface area contributed by atoms with Gasteiger partial charge in [-0.1, -0.05) is 29.3 Å². The van der Waals surface area contributed by atoms with Crippen molar-refractivity contribution in [1.29, 1.82) is 0 Å². The van der Waals surface area contributed by atoms with Crippen molar-refractivity contribution in [2.75, 3.05) is 0 Å². The van der Waals surface area contributed by atoms with E-state index in [1.807, 2.05) is 6.92 Å². The van der Waals surface area contributed by atoms with Crippen LogP contribution in [-0.4, -0.2) is 0 Å². The van der Waals surface area contributed by atoms with Gasteiger partial charge in [0.15, 0.2) is 0 Å². The molecule has 0 spiro atoms. The molecule has 0 amide bonds. The van der Waals surface area contributed by atoms with Crippen LogP contribution in [0.25, 0.3) is 0 Å². The summed E-state index contributed by atoms with van der Waals surface area (Å²) in [5.74, 6) is 0. The van der Waals surface area contributed by atoms with E-state index in [0.717, 1.165) is 5.56 Å². The zero-order valence-electron chi connectivity index (χ0n) is 7.35. The van der Waals surface area contributed by atoms with E-state index in [9.17, 15) is 0 Å². The molecule has 0 saturated carbocycles. The lowest BCUT2D eigenvalue weighted by molar-refractivity contribution is 0.632. The van der Waals surface area contributed by atoms with Crippen molar-refractivity contribution >= 4 is 23.2 Å². The lowest BCUT2D eigenvalue weighted by Gasteiger charge is -2.20. The first-order valence-electron chi connectivity index (χ1n) is 3.85. The molecule has 0 fully saturated rings. The molecule has 0 bridgehead atoms. The molecule has 1 rings (SSSR count). The first-order valence-corrected chi connectivity index (χ1v) is 4.60. The van der Waals surface area contributed by atoms with Crippen LogP contribution in [0.2, 0.25) is 10.0 Å². The van der Waals surface area contributed by atoms with Gasteiger partial charge in [0.25, 0.3) is 0 Å². The van der Waals surface area contributed by atoms with Crippen LogP contribution in [0.1, 0.15) is 12.5 Å². The highest BCUT2D eigenvalue weighted by Gasteiger charge is 2.17. The Morgan fingerprint density at radius 3 is 2.15 bits per heavy atom. The van der Waals surface area contributed by atoms with Crippen LogP contribution in [0.3, 0.4) is 0 Å². The largest absolute Gasteiger partial charge is 0.318 e. The van der Waals surface area contributed by atoms with Crippen LogP contribution in [-0.2, 0) is 5.54 Å². The predicted molar refractivity (Wildman–Crippen MR) is 58.2 cm³/mol. The van der Waals surface area contributed by atoms with Gasteiger partial charge in [0, 0.05) is 10.0 Å². The van der Waals surface area contributed by atoms with Gasteiger partial charge in [-0.3, -0.25) is 0 Å². The minimum atomic E-state index is -0.589. The topological polar surface area (TPSA) is 26.0 Å². The summed E-state index contributed by atoms with van der Waals surface area (Å²) in [7, 11) is 0. The molecule has 0 aromatic heterocycles. The van der Waals surface area contributed by atoms with Crippen molar-refractivity contribution in [1.82, 2.24) is 0 Å². The van der Waals surface area contributed by atoms with Gasteiger partial charge in [0.05, 0.1) is 5.54 Å². The molecule has 0 aliphatic carbocycles. The van der Waals surface area contributed by atoms with E-state index in [-0.39, 0.29) is 0 Å². The van der Waals surface area contributed by atoms with Gasteiger partial charge in [0.1, 0.15) is 0 Å². The molecular formula is C10H11Cl2N. The Bertz CT molecular complexity index is 311. The maximum absolute atomic E-state index is 5.94. The number of benzene rings is 1. The van der Waals surface area contributed by atoms with Gasteiger partial charge in [-0.2, -0.15) is 0 Å². The number of rotatable bonds is 2. The summed E-state index contributed by atoms with van der Waals surface area (Å²) in [4.78, 5) is 0. The van der Waals surface area contributed by atoms with E-state index in [0.29, 0.717) is 10.0 Å². The minimum Gasteiger partial charge on any atom is -0.318 e. The molecular weight excluding hydrogens is 205 g/mol. The molecule has 1 atom stereocenters. The molecule has 0 aliphatic heterocycles. The molecule has 1 aromatic rings. The van der Waals surface area contributed by atoms with Crippen LogP contribution in [0.15, 0.2) is 30.9 Å². The number of hydrogen-bond acceptors (Lipinski definition) is 1. The average Bonchev–Trinajstić information content (AvgIpc) is 2.02. The van der Waals surface area contributed by atoms with E-state index in [4.69, 9.17) is 28.9 Å². The zero-order chi connectivity index (χ0) is 10.1. The highest BCUT2D eigenvalue weighted by atomic mass is 35.5. The third-order valence-corrected chi connectivity index (χ3v) is 2.35. The van der Waals surface area contributed by atoms with Crippen LogP contribution in [0.5, 0.6) is 0 Å². The van der Waals surface area contributed by atoms with E-state index < -0.39 is 5.54 Å². The number of halogens is 2. The average molecular weight is 216 g/mol. The molecule has 0 heterocycles. The quantitative estimate of drug-likeness (QED) is 0.753. The predicted octanol–water partition coefficient (Wildman–Crippen LogP) is 3.35. The Labute approximate surface area is 88.1 Å². The lowest BCUT2D eigenvalue weighted by Crippen LogP contribution is -2.29. The molecule has 2 N–H and O–H groups in total. The normalized spacial score (nSPS) is 15.1. The second-order valence-corrected chi connectivity index (χ2v) is 4.02. The fraction of sp³-hybridized carbons (Fsp3) is 0.200. The highest BCUT2D eigenvalue weighted by molar-refractivity contribution is 6.34. The van der Waals surface area contributed by atoms with Gasteiger partial charge >= 0.3 is 0 Å². The van der Waals surface area contributed by atoms with Gasteiger partial charge in [-0.25, -0.2) is 0 Å². The summed E-state index contributed by atoms with van der Waals surface area (Å²) in [5, 5.41) is 1.17. The van der Waals surface area contributed by atoms with Crippen molar-refractivity contribution in [3.63, 3.8) is 0 Å². The van der Waals surface area contributed by atoms with Crippen molar-refractivity contribution < 1.29 is 0 Å². The second-order valence-electron chi connectivity index (χ2n) is 3.14. The van der Waals surface area contributed by atoms with Gasteiger partial charge < -0.3 is 5.73 Å². The van der Waals surface area contributed by atoms with Crippen molar-refractivity contribution in [2.45, 2.75) is 12.5 Å². The summed E-state index contributed by atoms with van der Waals surface area (Å²) < 4.78 is 0. The monoisotopic (exact) mass is 215 g/mol. The third kappa shape index (κ3) is 2.47. The second kappa shape index (κ2) is 3.70. The summed E-state index contributed by atoms with van der Waals surface area (Å²) in [6.07, 6.45) is 1.66. The van der Waals surface area contributed by atoms with Crippen molar-refractivity contribution in [3.05, 3.63) is 46.5 Å². The molecule has 1 unspecified atom stereocenters. The number of nitrogens with two attached hydrogens (primary N) is 1. The van der Waals surface area contributed by atoms with Gasteiger partial charge in [-0.15, -0.1) is 6.58 Å². The van der Waals surface area contributed by atoms with Gasteiger partial charge in [-0.05, 0) is 30.7 Å². The molecule has 0 saturated heterocycles. The van der Waals surface area contributed by atoms with Crippen LogP contribution in [0, 0.1) is 0 Å². The molecule has 3 heteroatoms. The lowest BCUT2D eigenvalue weighted by atomic mass is 9.94. The van der Waals surface area contributed by atoms with Gasteiger partial charge in [0.2, 0.25) is 0 Å². The van der Waals surface area contributed by atoms with E-state index >= 15 is 0 Å². The Balaban J connectivity index is 3.22. The Morgan fingerprint density at radius 2 is 1.77 bits per heavy atom. The Hall–Kier alpha value is -0.500. The number of hydrogen-bond donors (Lipinski definition) is 1. The first-order chi connectivity index (χ1) is 5.95. The van der Waals surface area contributed by atoms with Crippen molar-refractivity contribution in [2.24, 2.45) is 5.73 Å².